The number of rotatable bonds is 4. The Morgan fingerprint density at radius 1 is 1.26 bits per heavy atom. The molecule has 4 N–H and O–H groups in total. The minimum Gasteiger partial charge on any atom is -0.322 e. The fraction of sp³-hybridized carbons (Fsp3) is 0.0769. The van der Waals surface area contributed by atoms with Crippen LogP contribution in [0.1, 0.15) is 10.4 Å². The Hall–Kier alpha value is -2.05. The number of nitrogens with one attached hydrogen (secondary N) is 2. The van der Waals surface area contributed by atoms with Crippen LogP contribution in [0.25, 0.3) is 0 Å². The maximum Gasteiger partial charge on any atom is 0.255 e. The van der Waals surface area contributed by atoms with E-state index in [1.165, 1.54) is 6.20 Å². The number of amides is 1. The van der Waals surface area contributed by atoms with Crippen LogP contribution in [-0.2, 0) is 0 Å². The lowest BCUT2D eigenvalue weighted by Crippen LogP contribution is -2.14. The van der Waals surface area contributed by atoms with Gasteiger partial charge in [-0.2, -0.15) is 0 Å². The summed E-state index contributed by atoms with van der Waals surface area (Å²) >= 11 is 1.65. The number of carbonyl (C=O) groups is 1. The first-order valence-electron chi connectivity index (χ1n) is 5.61. The van der Waals surface area contributed by atoms with Crippen LogP contribution in [0.4, 0.5) is 11.5 Å². The molecule has 98 valence electrons. The fourth-order valence-electron chi connectivity index (χ4n) is 1.53. The standard InChI is InChI=1S/C13H14N4OS/c1-19-11-4-2-10(3-5-11)16-13(18)9-6-7-15-12(8-9)17-14/h2-8H,14H2,1H3,(H,15,17)(H,16,18). The van der Waals surface area contributed by atoms with Crippen LogP contribution in [0.2, 0.25) is 0 Å². The van der Waals surface area contributed by atoms with E-state index in [9.17, 15) is 4.79 Å². The second-order valence-corrected chi connectivity index (χ2v) is 4.64. The zero-order chi connectivity index (χ0) is 13.7. The monoisotopic (exact) mass is 274 g/mol. The number of hydrazine groups is 1. The van der Waals surface area contributed by atoms with Gasteiger partial charge in [0.15, 0.2) is 0 Å². The first-order valence-corrected chi connectivity index (χ1v) is 6.83. The number of aromatic nitrogens is 1. The van der Waals surface area contributed by atoms with Crippen molar-refractivity contribution in [3.8, 4) is 0 Å². The second-order valence-electron chi connectivity index (χ2n) is 3.76. The van der Waals surface area contributed by atoms with Gasteiger partial charge in [0.05, 0.1) is 0 Å². The lowest BCUT2D eigenvalue weighted by molar-refractivity contribution is 0.102. The topological polar surface area (TPSA) is 80.0 Å². The summed E-state index contributed by atoms with van der Waals surface area (Å²) < 4.78 is 0. The van der Waals surface area contributed by atoms with Gasteiger partial charge in [-0.25, -0.2) is 10.8 Å². The van der Waals surface area contributed by atoms with E-state index in [0.29, 0.717) is 11.4 Å². The van der Waals surface area contributed by atoms with Crippen molar-refractivity contribution in [1.82, 2.24) is 4.98 Å². The highest BCUT2D eigenvalue weighted by Crippen LogP contribution is 2.18. The molecule has 0 unspecified atom stereocenters. The molecular formula is C13H14N4OS. The van der Waals surface area contributed by atoms with E-state index in [2.05, 4.69) is 15.7 Å². The van der Waals surface area contributed by atoms with Gasteiger partial charge in [0.1, 0.15) is 5.82 Å². The summed E-state index contributed by atoms with van der Waals surface area (Å²) in [7, 11) is 0. The van der Waals surface area contributed by atoms with Crippen LogP contribution in [0.5, 0.6) is 0 Å². The molecular weight excluding hydrogens is 260 g/mol. The van der Waals surface area contributed by atoms with Gasteiger partial charge >= 0.3 is 0 Å². The van der Waals surface area contributed by atoms with Gasteiger partial charge in [-0.05, 0) is 42.7 Å². The summed E-state index contributed by atoms with van der Waals surface area (Å²) in [6.45, 7) is 0. The number of nitrogen functional groups attached to an aromatic ring is 1. The number of thioether (sulfide) groups is 1. The third-order valence-corrected chi connectivity index (χ3v) is 3.26. The number of nitrogens with zero attached hydrogens (tertiary/aromatic N) is 1. The van der Waals surface area contributed by atoms with Gasteiger partial charge in [0, 0.05) is 22.3 Å². The van der Waals surface area contributed by atoms with Crippen molar-refractivity contribution in [2.45, 2.75) is 4.90 Å². The Morgan fingerprint density at radius 2 is 2.00 bits per heavy atom. The highest BCUT2D eigenvalue weighted by molar-refractivity contribution is 7.98. The van der Waals surface area contributed by atoms with E-state index in [4.69, 9.17) is 5.84 Å². The van der Waals surface area contributed by atoms with E-state index < -0.39 is 0 Å². The molecule has 0 saturated carbocycles. The summed E-state index contributed by atoms with van der Waals surface area (Å²) in [5.74, 6) is 5.51. The molecule has 0 fully saturated rings. The van der Waals surface area contributed by atoms with Gasteiger partial charge in [0.25, 0.3) is 5.91 Å². The predicted molar refractivity (Wildman–Crippen MR) is 78.2 cm³/mol. The smallest absolute Gasteiger partial charge is 0.255 e. The van der Waals surface area contributed by atoms with Crippen LogP contribution >= 0.6 is 11.8 Å². The minimum atomic E-state index is -0.198. The minimum absolute atomic E-state index is 0.198. The SMILES string of the molecule is CSc1ccc(NC(=O)c2ccnc(NN)c2)cc1. The predicted octanol–water partition coefficient (Wildman–Crippen LogP) is 2.34. The van der Waals surface area contributed by atoms with E-state index in [-0.39, 0.29) is 5.91 Å². The Labute approximate surface area is 115 Å². The largest absolute Gasteiger partial charge is 0.322 e. The van der Waals surface area contributed by atoms with E-state index in [1.54, 1.807) is 23.9 Å². The van der Waals surface area contributed by atoms with Gasteiger partial charge in [-0.15, -0.1) is 11.8 Å². The molecule has 1 aromatic carbocycles. The van der Waals surface area contributed by atoms with Gasteiger partial charge in [-0.3, -0.25) is 4.79 Å². The molecule has 0 bridgehead atoms. The quantitative estimate of drug-likeness (QED) is 0.453. The lowest BCUT2D eigenvalue weighted by Gasteiger charge is -2.07. The van der Waals surface area contributed by atoms with Crippen molar-refractivity contribution in [3.63, 3.8) is 0 Å². The summed E-state index contributed by atoms with van der Waals surface area (Å²) in [5, 5.41) is 2.82. The number of carbonyl (C=O) groups excluding carboxylic acids is 1. The summed E-state index contributed by atoms with van der Waals surface area (Å²) in [6.07, 6.45) is 3.53. The molecule has 19 heavy (non-hydrogen) atoms. The molecule has 2 aromatic rings. The third-order valence-electron chi connectivity index (χ3n) is 2.52. The Bertz CT molecular complexity index is 571. The molecule has 6 heteroatoms. The molecule has 2 rings (SSSR count). The average molecular weight is 274 g/mol. The highest BCUT2D eigenvalue weighted by Gasteiger charge is 2.07. The normalized spacial score (nSPS) is 10.0. The molecule has 0 atom stereocenters. The first-order chi connectivity index (χ1) is 9.22. The highest BCUT2D eigenvalue weighted by atomic mass is 32.2. The molecule has 0 saturated heterocycles. The number of pyridine rings is 1. The molecule has 0 aliphatic carbocycles. The number of anilines is 2. The molecule has 1 heterocycles. The van der Waals surface area contributed by atoms with E-state index in [1.807, 2.05) is 30.5 Å². The Kier molecular flexibility index (Phi) is 4.38. The van der Waals surface area contributed by atoms with Crippen molar-refractivity contribution < 1.29 is 4.79 Å². The van der Waals surface area contributed by atoms with Crippen molar-refractivity contribution in [2.24, 2.45) is 5.84 Å². The summed E-state index contributed by atoms with van der Waals surface area (Å²) in [4.78, 5) is 17.1. The van der Waals surface area contributed by atoms with Crippen molar-refractivity contribution in [3.05, 3.63) is 48.2 Å². The van der Waals surface area contributed by atoms with Crippen LogP contribution in [0.3, 0.4) is 0 Å². The summed E-state index contributed by atoms with van der Waals surface area (Å²) in [5.41, 5.74) is 3.66. The van der Waals surface area contributed by atoms with Crippen LogP contribution in [-0.4, -0.2) is 17.1 Å². The Morgan fingerprint density at radius 3 is 2.63 bits per heavy atom. The third kappa shape index (κ3) is 3.46. The zero-order valence-corrected chi connectivity index (χ0v) is 11.2. The molecule has 5 nitrogen and oxygen atoms in total. The van der Waals surface area contributed by atoms with Gasteiger partial charge < -0.3 is 10.7 Å². The Balaban J connectivity index is 2.11. The maximum absolute atomic E-state index is 12.0. The molecule has 0 aliphatic rings. The summed E-state index contributed by atoms with van der Waals surface area (Å²) in [6, 6.07) is 10.9. The van der Waals surface area contributed by atoms with Crippen LogP contribution in [0.15, 0.2) is 47.5 Å². The first kappa shape index (κ1) is 13.4. The van der Waals surface area contributed by atoms with Crippen molar-refractivity contribution >= 4 is 29.2 Å². The number of benzene rings is 1. The van der Waals surface area contributed by atoms with Gasteiger partial charge in [0.2, 0.25) is 0 Å². The number of nitrogens with two attached hydrogens (primary N) is 1. The molecule has 0 spiro atoms. The number of hydrogen-bond acceptors (Lipinski definition) is 5. The maximum atomic E-state index is 12.0. The number of hydrogen-bond donors (Lipinski definition) is 3. The van der Waals surface area contributed by atoms with Crippen molar-refractivity contribution in [1.29, 1.82) is 0 Å². The molecule has 0 aliphatic heterocycles. The van der Waals surface area contributed by atoms with E-state index >= 15 is 0 Å². The molecule has 1 aromatic heterocycles. The zero-order valence-electron chi connectivity index (χ0n) is 10.4. The second kappa shape index (κ2) is 6.21. The average Bonchev–Trinajstić information content (AvgIpc) is 2.48. The van der Waals surface area contributed by atoms with E-state index in [0.717, 1.165) is 10.6 Å². The lowest BCUT2D eigenvalue weighted by atomic mass is 10.2. The molecule has 0 radical (unpaired) electrons. The fourth-order valence-corrected chi connectivity index (χ4v) is 1.94. The van der Waals surface area contributed by atoms with Gasteiger partial charge in [-0.1, -0.05) is 0 Å². The van der Waals surface area contributed by atoms with Crippen LogP contribution < -0.4 is 16.6 Å². The van der Waals surface area contributed by atoms with Crippen molar-refractivity contribution in [2.75, 3.05) is 17.0 Å². The van der Waals surface area contributed by atoms with Crippen LogP contribution in [0, 0.1) is 0 Å². The molecule has 1 amide bonds.